The second-order valence-corrected chi connectivity index (χ2v) is 14.2. The molecule has 1 aliphatic rings. The molecule has 4 aromatic carbocycles. The summed E-state index contributed by atoms with van der Waals surface area (Å²) >= 11 is 12.9. The van der Waals surface area contributed by atoms with Crippen molar-refractivity contribution in [2.75, 3.05) is 10.8 Å². The van der Waals surface area contributed by atoms with Gasteiger partial charge in [-0.05, 0) is 60.4 Å². The number of nitrogens with one attached hydrogen (secondary N) is 1. The Morgan fingerprint density at radius 3 is 2.11 bits per heavy atom. The summed E-state index contributed by atoms with van der Waals surface area (Å²) < 4.78 is 43.1. The van der Waals surface area contributed by atoms with Crippen molar-refractivity contribution in [2.45, 2.75) is 62.0 Å². The van der Waals surface area contributed by atoms with Gasteiger partial charge in [0.05, 0.1) is 20.6 Å². The van der Waals surface area contributed by atoms with E-state index < -0.39 is 34.3 Å². The number of carbonyl (C=O) groups is 2. The van der Waals surface area contributed by atoms with Gasteiger partial charge in [0.25, 0.3) is 10.0 Å². The predicted octanol–water partition coefficient (Wildman–Crippen LogP) is 7.42. The highest BCUT2D eigenvalue weighted by molar-refractivity contribution is 7.92. The van der Waals surface area contributed by atoms with E-state index in [1.807, 2.05) is 30.3 Å². The van der Waals surface area contributed by atoms with Gasteiger partial charge in [0.2, 0.25) is 11.8 Å². The lowest BCUT2D eigenvalue weighted by Crippen LogP contribution is -2.55. The van der Waals surface area contributed by atoms with Gasteiger partial charge in [-0.1, -0.05) is 109 Å². The summed E-state index contributed by atoms with van der Waals surface area (Å²) in [7, 11) is -4.34. The molecule has 1 fully saturated rings. The molecular weight excluding hydrogens is 660 g/mol. The first-order valence-electron chi connectivity index (χ1n) is 15.5. The third kappa shape index (κ3) is 8.71. The maximum atomic E-state index is 14.6. The van der Waals surface area contributed by atoms with E-state index in [9.17, 15) is 22.4 Å². The number of halogens is 3. The zero-order valence-corrected chi connectivity index (χ0v) is 28.0. The summed E-state index contributed by atoms with van der Waals surface area (Å²) in [6, 6.07) is 26.2. The molecule has 11 heteroatoms. The number of amides is 2. The third-order valence-corrected chi connectivity index (χ3v) is 10.9. The van der Waals surface area contributed by atoms with Crippen LogP contribution >= 0.6 is 23.2 Å². The van der Waals surface area contributed by atoms with Gasteiger partial charge in [-0.2, -0.15) is 0 Å². The first-order chi connectivity index (χ1) is 22.6. The molecule has 0 radical (unpaired) electrons. The largest absolute Gasteiger partial charge is 0.352 e. The van der Waals surface area contributed by atoms with Crippen LogP contribution in [-0.4, -0.2) is 43.8 Å². The molecule has 0 aliphatic heterocycles. The standard InChI is InChI=1S/C36H36Cl2FN3O4S/c37-31-17-10-18-32(35(31)38)42(47(45,46)30-15-8-3-9-16-30)25-34(43)41(24-27-19-21-28(39)22-20-27)33(23-26-11-4-1-5-12-26)36(44)40-29-13-6-2-7-14-29/h1,3-5,8-12,15-22,29,33H,2,6-7,13-14,23-25H2,(H,40,44)/t33-/m0/s1. The van der Waals surface area contributed by atoms with E-state index in [1.54, 1.807) is 36.4 Å². The molecule has 0 spiro atoms. The molecule has 2 amide bonds. The minimum absolute atomic E-state index is 0.0179. The Morgan fingerprint density at radius 1 is 0.809 bits per heavy atom. The van der Waals surface area contributed by atoms with E-state index >= 15 is 0 Å². The Kier molecular flexibility index (Phi) is 11.6. The van der Waals surface area contributed by atoms with Crippen molar-refractivity contribution in [1.82, 2.24) is 10.2 Å². The van der Waals surface area contributed by atoms with Crippen molar-refractivity contribution in [3.63, 3.8) is 0 Å². The van der Waals surface area contributed by atoms with Gasteiger partial charge in [0, 0.05) is 19.0 Å². The van der Waals surface area contributed by atoms with Crippen molar-refractivity contribution in [3.05, 3.63) is 130 Å². The SMILES string of the molecule is O=C(NC1CCCCC1)[C@H](Cc1ccccc1)N(Cc1ccc(F)cc1)C(=O)CN(c1cccc(Cl)c1Cl)S(=O)(=O)c1ccccc1. The molecule has 0 bridgehead atoms. The molecule has 5 rings (SSSR count). The van der Waals surface area contributed by atoms with Gasteiger partial charge < -0.3 is 10.2 Å². The molecule has 1 saturated carbocycles. The van der Waals surface area contributed by atoms with Crippen LogP contribution in [0.3, 0.4) is 0 Å². The molecule has 0 heterocycles. The van der Waals surface area contributed by atoms with Crippen LogP contribution in [0.15, 0.2) is 108 Å². The number of carbonyl (C=O) groups excluding carboxylic acids is 2. The molecule has 0 saturated heterocycles. The Morgan fingerprint density at radius 2 is 1.45 bits per heavy atom. The molecule has 1 atom stereocenters. The molecule has 4 aromatic rings. The predicted molar refractivity (Wildman–Crippen MR) is 183 cm³/mol. The second kappa shape index (κ2) is 15.8. The highest BCUT2D eigenvalue weighted by Crippen LogP contribution is 2.35. The minimum Gasteiger partial charge on any atom is -0.352 e. The summed E-state index contributed by atoms with van der Waals surface area (Å²) in [4.78, 5) is 30.1. The molecule has 7 nitrogen and oxygen atoms in total. The Bertz CT molecular complexity index is 1770. The van der Waals surface area contributed by atoms with Crippen LogP contribution in [0.4, 0.5) is 10.1 Å². The van der Waals surface area contributed by atoms with Crippen LogP contribution in [0.2, 0.25) is 10.0 Å². The van der Waals surface area contributed by atoms with E-state index in [-0.39, 0.29) is 45.5 Å². The van der Waals surface area contributed by atoms with Crippen molar-refractivity contribution < 1.29 is 22.4 Å². The smallest absolute Gasteiger partial charge is 0.264 e. The van der Waals surface area contributed by atoms with Gasteiger partial charge in [-0.15, -0.1) is 0 Å². The third-order valence-electron chi connectivity index (χ3n) is 8.30. The number of sulfonamides is 1. The average Bonchev–Trinajstić information content (AvgIpc) is 3.08. The van der Waals surface area contributed by atoms with Crippen LogP contribution in [0, 0.1) is 5.82 Å². The quantitative estimate of drug-likeness (QED) is 0.167. The van der Waals surface area contributed by atoms with E-state index in [1.165, 1.54) is 41.3 Å². The topological polar surface area (TPSA) is 86.8 Å². The Balaban J connectivity index is 1.58. The van der Waals surface area contributed by atoms with Crippen LogP contribution < -0.4 is 9.62 Å². The summed E-state index contributed by atoms with van der Waals surface area (Å²) in [6.07, 6.45) is 4.96. The first-order valence-corrected chi connectivity index (χ1v) is 17.7. The summed E-state index contributed by atoms with van der Waals surface area (Å²) in [5.74, 6) is -1.43. The number of benzene rings is 4. The van der Waals surface area contributed by atoms with E-state index in [4.69, 9.17) is 23.2 Å². The zero-order chi connectivity index (χ0) is 33.4. The van der Waals surface area contributed by atoms with Gasteiger partial charge in [-0.3, -0.25) is 13.9 Å². The van der Waals surface area contributed by atoms with E-state index in [0.29, 0.717) is 5.56 Å². The summed E-state index contributed by atoms with van der Waals surface area (Å²) in [6.45, 7) is -0.752. The fourth-order valence-electron chi connectivity index (χ4n) is 5.80. The molecule has 0 aromatic heterocycles. The molecular formula is C36H36Cl2FN3O4S. The van der Waals surface area contributed by atoms with Crippen molar-refractivity contribution >= 4 is 50.7 Å². The summed E-state index contributed by atoms with van der Waals surface area (Å²) in [5.41, 5.74) is 1.41. The highest BCUT2D eigenvalue weighted by Gasteiger charge is 2.36. The van der Waals surface area contributed by atoms with Crippen LogP contribution in [0.25, 0.3) is 0 Å². The highest BCUT2D eigenvalue weighted by atomic mass is 35.5. The lowest BCUT2D eigenvalue weighted by molar-refractivity contribution is -0.140. The second-order valence-electron chi connectivity index (χ2n) is 11.6. The van der Waals surface area contributed by atoms with Crippen molar-refractivity contribution in [1.29, 1.82) is 0 Å². The van der Waals surface area contributed by atoms with Gasteiger partial charge in [0.1, 0.15) is 18.4 Å². The number of nitrogens with zero attached hydrogens (tertiary/aromatic N) is 2. The van der Waals surface area contributed by atoms with Crippen LogP contribution in [-0.2, 0) is 32.6 Å². The molecule has 0 unspecified atom stereocenters. The van der Waals surface area contributed by atoms with Crippen LogP contribution in [0.5, 0.6) is 0 Å². The molecule has 246 valence electrons. The van der Waals surface area contributed by atoms with Gasteiger partial charge in [-0.25, -0.2) is 12.8 Å². The molecule has 1 aliphatic carbocycles. The maximum absolute atomic E-state index is 14.6. The van der Waals surface area contributed by atoms with Crippen LogP contribution in [0.1, 0.15) is 43.2 Å². The van der Waals surface area contributed by atoms with Crippen molar-refractivity contribution in [3.8, 4) is 0 Å². The average molecular weight is 697 g/mol. The number of rotatable bonds is 12. The molecule has 47 heavy (non-hydrogen) atoms. The monoisotopic (exact) mass is 695 g/mol. The lowest BCUT2D eigenvalue weighted by Gasteiger charge is -2.35. The van der Waals surface area contributed by atoms with Crippen molar-refractivity contribution in [2.24, 2.45) is 0 Å². The number of hydrogen-bond acceptors (Lipinski definition) is 4. The Hall–Kier alpha value is -3.92. The fourth-order valence-corrected chi connectivity index (χ4v) is 7.70. The zero-order valence-electron chi connectivity index (χ0n) is 25.7. The summed E-state index contributed by atoms with van der Waals surface area (Å²) in [5, 5.41) is 3.24. The lowest BCUT2D eigenvalue weighted by atomic mass is 9.94. The minimum atomic E-state index is -4.34. The first kappa shape index (κ1) is 34.4. The maximum Gasteiger partial charge on any atom is 0.264 e. The van der Waals surface area contributed by atoms with E-state index in [0.717, 1.165) is 42.0 Å². The fraction of sp³-hybridized carbons (Fsp3) is 0.278. The number of hydrogen-bond donors (Lipinski definition) is 1. The number of anilines is 1. The Labute approximate surface area is 285 Å². The molecule has 1 N–H and O–H groups in total. The van der Waals surface area contributed by atoms with Gasteiger partial charge >= 0.3 is 0 Å². The van der Waals surface area contributed by atoms with E-state index in [2.05, 4.69) is 5.32 Å². The van der Waals surface area contributed by atoms with Gasteiger partial charge in [0.15, 0.2) is 0 Å². The normalized spacial score (nSPS) is 14.3.